The van der Waals surface area contributed by atoms with E-state index in [1.165, 1.54) is 10.8 Å². The summed E-state index contributed by atoms with van der Waals surface area (Å²) in [5, 5.41) is 8.94. The summed E-state index contributed by atoms with van der Waals surface area (Å²) in [6.45, 7) is 0. The molecule has 0 fully saturated rings. The fourth-order valence-corrected chi connectivity index (χ4v) is 10.3. The number of aromatic nitrogens is 8. The van der Waals surface area contributed by atoms with E-state index < -0.39 is 0 Å². The van der Waals surface area contributed by atoms with Crippen molar-refractivity contribution < 1.29 is 0 Å². The van der Waals surface area contributed by atoms with Crippen LogP contribution < -0.4 is 0 Å². The molecule has 8 nitrogen and oxygen atoms in total. The number of nitrogens with zero attached hydrogens (tertiary/aromatic N) is 8. The molecule has 4 aromatic heterocycles. The molecule has 14 rings (SSSR count). The molecule has 4 heterocycles. The third-order valence-corrected chi connectivity index (χ3v) is 13.4. The summed E-state index contributed by atoms with van der Waals surface area (Å²) in [7, 11) is 0. The average Bonchev–Trinajstić information content (AvgIpc) is 3.96. The van der Waals surface area contributed by atoms with Gasteiger partial charge in [0.2, 0.25) is 5.95 Å². The molecule has 0 bridgehead atoms. The number of para-hydroxylation sites is 3. The van der Waals surface area contributed by atoms with E-state index in [9.17, 15) is 0 Å². The minimum Gasteiger partial charge on any atom is -0.306 e. The maximum absolute atomic E-state index is 5.51. The van der Waals surface area contributed by atoms with E-state index in [2.05, 4.69) is 161 Å². The largest absolute Gasteiger partial charge is 0.306 e. The fourth-order valence-electron chi connectivity index (χ4n) is 10.3. The molecule has 0 spiro atoms. The molecule has 0 aliphatic heterocycles. The van der Waals surface area contributed by atoms with Gasteiger partial charge in [0.05, 0.1) is 27.8 Å². The van der Waals surface area contributed by atoms with Gasteiger partial charge in [-0.2, -0.15) is 9.97 Å². The summed E-state index contributed by atoms with van der Waals surface area (Å²) in [4.78, 5) is 31.7. The van der Waals surface area contributed by atoms with Crippen LogP contribution in [-0.2, 0) is 0 Å². The van der Waals surface area contributed by atoms with Crippen LogP contribution in [0.25, 0.3) is 134 Å². The van der Waals surface area contributed by atoms with Crippen LogP contribution in [-0.4, -0.2) is 39.0 Å². The van der Waals surface area contributed by atoms with E-state index in [0.717, 1.165) is 87.9 Å². The minimum absolute atomic E-state index is 0.517. The second-order valence-electron chi connectivity index (χ2n) is 17.5. The van der Waals surface area contributed by atoms with Crippen LogP contribution in [0.2, 0.25) is 0 Å². The highest BCUT2D eigenvalue weighted by atomic mass is 15.2. The molecule has 0 aliphatic rings. The number of fused-ring (bicyclic) bond motifs is 10. The van der Waals surface area contributed by atoms with Gasteiger partial charge in [-0.25, -0.2) is 19.9 Å². The molecule has 0 radical (unpaired) electrons. The van der Waals surface area contributed by atoms with E-state index in [4.69, 9.17) is 29.9 Å². The quantitative estimate of drug-likeness (QED) is 0.148. The zero-order valence-corrected chi connectivity index (χ0v) is 37.5. The van der Waals surface area contributed by atoms with Crippen molar-refractivity contribution in [1.82, 2.24) is 39.0 Å². The van der Waals surface area contributed by atoms with E-state index in [1.807, 2.05) is 78.9 Å². The van der Waals surface area contributed by atoms with Gasteiger partial charge in [-0.15, -0.1) is 0 Å². The van der Waals surface area contributed by atoms with Crippen LogP contribution in [0, 0.1) is 0 Å². The van der Waals surface area contributed by atoms with Crippen LogP contribution in [0.4, 0.5) is 0 Å². The van der Waals surface area contributed by atoms with Crippen LogP contribution >= 0.6 is 0 Å². The first-order valence-corrected chi connectivity index (χ1v) is 23.4. The Labute approximate surface area is 401 Å². The first kappa shape index (κ1) is 39.5. The molecular weight excluding hydrogens is 857 g/mol. The van der Waals surface area contributed by atoms with Crippen molar-refractivity contribution in [2.24, 2.45) is 0 Å². The summed E-state index contributed by atoms with van der Waals surface area (Å²) in [5.41, 5.74) is 9.42. The van der Waals surface area contributed by atoms with Gasteiger partial charge in [0, 0.05) is 49.4 Å². The third kappa shape index (κ3) is 6.31. The molecule has 70 heavy (non-hydrogen) atoms. The first-order chi connectivity index (χ1) is 34.7. The van der Waals surface area contributed by atoms with E-state index in [-0.39, 0.29) is 0 Å². The average molecular weight is 895 g/mol. The second kappa shape index (κ2) is 16.0. The van der Waals surface area contributed by atoms with Gasteiger partial charge >= 0.3 is 0 Å². The summed E-state index contributed by atoms with van der Waals surface area (Å²) >= 11 is 0. The normalized spacial score (nSPS) is 11.7. The van der Waals surface area contributed by atoms with Gasteiger partial charge in [-0.3, -0.25) is 4.57 Å². The molecule has 8 heteroatoms. The number of hydrogen-bond donors (Lipinski definition) is 0. The van der Waals surface area contributed by atoms with Crippen molar-refractivity contribution in [1.29, 1.82) is 0 Å². The highest BCUT2D eigenvalue weighted by molar-refractivity contribution is 6.24. The number of benzene rings is 10. The monoisotopic (exact) mass is 894 g/mol. The predicted octanol–water partition coefficient (Wildman–Crippen LogP) is 14.9. The molecule has 0 atom stereocenters. The molecule has 10 aromatic carbocycles. The highest BCUT2D eigenvalue weighted by Gasteiger charge is 2.26. The lowest BCUT2D eigenvalue weighted by Gasteiger charge is -2.16. The summed E-state index contributed by atoms with van der Waals surface area (Å²) in [5.74, 6) is 3.46. The lowest BCUT2D eigenvalue weighted by molar-refractivity contribution is 0.954. The molecular formula is C62H38N8. The Morgan fingerprint density at radius 1 is 0.243 bits per heavy atom. The summed E-state index contributed by atoms with van der Waals surface area (Å²) < 4.78 is 4.62. The third-order valence-electron chi connectivity index (χ3n) is 13.4. The SMILES string of the molecule is c1ccc(-c2nc(-c3ccccc3)nc(-c3ccccc3-n3c4ccccc4c4ccc5c6ccccc6n(-c6nc(-c7ccccc7)nc(-c7cccc8c7ccc7ccccc78)n6)c5c43)n2)cc1. The first-order valence-electron chi connectivity index (χ1n) is 23.4. The van der Waals surface area contributed by atoms with Crippen molar-refractivity contribution in [2.45, 2.75) is 0 Å². The van der Waals surface area contributed by atoms with Crippen molar-refractivity contribution in [3.63, 3.8) is 0 Å². The predicted molar refractivity (Wildman–Crippen MR) is 284 cm³/mol. The van der Waals surface area contributed by atoms with E-state index in [1.54, 1.807) is 0 Å². The Balaban J connectivity index is 1.08. The molecule has 0 amide bonds. The summed E-state index contributed by atoms with van der Waals surface area (Å²) in [6, 6.07) is 79.8. The topological polar surface area (TPSA) is 87.2 Å². The Bertz CT molecular complexity index is 4290. The number of rotatable bonds is 7. The van der Waals surface area contributed by atoms with Gasteiger partial charge in [0.1, 0.15) is 0 Å². The minimum atomic E-state index is 0.517. The maximum atomic E-state index is 5.51. The van der Waals surface area contributed by atoms with Gasteiger partial charge in [0.25, 0.3) is 0 Å². The Kier molecular flexibility index (Phi) is 9.03. The van der Waals surface area contributed by atoms with Crippen LogP contribution in [0.1, 0.15) is 0 Å². The Morgan fingerprint density at radius 3 is 1.31 bits per heavy atom. The maximum Gasteiger partial charge on any atom is 0.238 e. The van der Waals surface area contributed by atoms with Crippen molar-refractivity contribution >= 4 is 65.2 Å². The van der Waals surface area contributed by atoms with Crippen molar-refractivity contribution in [3.8, 4) is 68.6 Å². The van der Waals surface area contributed by atoms with Crippen molar-refractivity contribution in [2.75, 3.05) is 0 Å². The standard InChI is InChI=1S/C62H38N8/c1-4-20-40(21-5-1)57-63-58(41-22-6-2-7-23-41)65-61(64-57)51-29-14-17-34-54(51)69-52-32-15-12-27-46(52)48-37-38-49-47-28-13-16-33-53(47)70(56(49)55(48)69)62-67-59(42-24-8-3-9-25-42)66-60(68-62)50-31-18-30-44-43-26-11-10-19-39(43)35-36-45(44)50/h1-38H. The smallest absolute Gasteiger partial charge is 0.238 e. The van der Waals surface area contributed by atoms with Crippen molar-refractivity contribution in [3.05, 3.63) is 231 Å². The second-order valence-corrected chi connectivity index (χ2v) is 17.5. The lowest BCUT2D eigenvalue weighted by Crippen LogP contribution is -2.08. The van der Waals surface area contributed by atoms with Gasteiger partial charge in [0.15, 0.2) is 29.1 Å². The molecule has 0 N–H and O–H groups in total. The zero-order valence-electron chi connectivity index (χ0n) is 37.5. The molecule has 0 unspecified atom stereocenters. The lowest BCUT2D eigenvalue weighted by atomic mass is 9.98. The van der Waals surface area contributed by atoms with Crippen LogP contribution in [0.5, 0.6) is 0 Å². The van der Waals surface area contributed by atoms with Gasteiger partial charge in [-0.05, 0) is 45.8 Å². The highest BCUT2D eigenvalue weighted by Crippen LogP contribution is 2.43. The molecule has 0 saturated carbocycles. The van der Waals surface area contributed by atoms with Crippen LogP contribution in [0.15, 0.2) is 231 Å². The molecule has 0 aliphatic carbocycles. The fraction of sp³-hybridized carbons (Fsp3) is 0. The number of hydrogen-bond acceptors (Lipinski definition) is 6. The van der Waals surface area contributed by atoms with Gasteiger partial charge < -0.3 is 4.57 Å². The zero-order chi connectivity index (χ0) is 46.1. The van der Waals surface area contributed by atoms with Crippen LogP contribution in [0.3, 0.4) is 0 Å². The molecule has 14 aromatic rings. The summed E-state index contributed by atoms with van der Waals surface area (Å²) in [6.07, 6.45) is 0. The molecule has 326 valence electrons. The Morgan fingerprint density at radius 2 is 0.671 bits per heavy atom. The Hall–Kier alpha value is -9.66. The van der Waals surface area contributed by atoms with E-state index >= 15 is 0 Å². The molecule has 0 saturated heterocycles. The van der Waals surface area contributed by atoms with Gasteiger partial charge in [-0.1, -0.05) is 206 Å². The van der Waals surface area contributed by atoms with E-state index in [0.29, 0.717) is 35.1 Å².